The van der Waals surface area contributed by atoms with Crippen molar-refractivity contribution in [3.8, 4) is 11.1 Å². The molecule has 0 saturated heterocycles. The van der Waals surface area contributed by atoms with Gasteiger partial charge in [0, 0.05) is 33.5 Å². The summed E-state index contributed by atoms with van der Waals surface area (Å²) >= 11 is 3.71. The first-order chi connectivity index (χ1) is 10.6. The first-order valence-electron chi connectivity index (χ1n) is 7.63. The summed E-state index contributed by atoms with van der Waals surface area (Å²) in [6.07, 6.45) is 5.82. The van der Waals surface area contributed by atoms with Crippen LogP contribution in [0.3, 0.4) is 0 Å². The van der Waals surface area contributed by atoms with Crippen molar-refractivity contribution < 1.29 is 0 Å². The number of benzene rings is 1. The monoisotopic (exact) mass is 354 g/mol. The number of halogens is 1. The molecule has 0 spiro atoms. The minimum absolute atomic E-state index is 0.687. The molecule has 0 fully saturated rings. The minimum Gasteiger partial charge on any atom is -0.265 e. The van der Waals surface area contributed by atoms with Gasteiger partial charge >= 0.3 is 0 Å². The summed E-state index contributed by atoms with van der Waals surface area (Å²) in [6, 6.07) is 12.5. The van der Waals surface area contributed by atoms with E-state index in [4.69, 9.17) is 4.98 Å². The molecule has 2 nitrogen and oxygen atoms in total. The Balaban J connectivity index is 2.13. The van der Waals surface area contributed by atoms with Crippen molar-refractivity contribution in [2.75, 3.05) is 0 Å². The summed E-state index contributed by atoms with van der Waals surface area (Å²) in [4.78, 5) is 9.04. The van der Waals surface area contributed by atoms with Crippen LogP contribution in [0.1, 0.15) is 26.0 Å². The molecule has 0 atom stereocenters. The van der Waals surface area contributed by atoms with Gasteiger partial charge in [-0.1, -0.05) is 48.0 Å². The Labute approximate surface area is 139 Å². The van der Waals surface area contributed by atoms with E-state index in [1.807, 2.05) is 24.5 Å². The molecular formula is C19H19BrN2. The van der Waals surface area contributed by atoms with E-state index in [0.29, 0.717) is 5.92 Å². The highest BCUT2D eigenvalue weighted by molar-refractivity contribution is 9.10. The van der Waals surface area contributed by atoms with E-state index in [1.54, 1.807) is 0 Å². The van der Waals surface area contributed by atoms with E-state index in [1.165, 1.54) is 0 Å². The quantitative estimate of drug-likeness (QED) is 0.605. The Morgan fingerprint density at radius 3 is 2.59 bits per heavy atom. The summed E-state index contributed by atoms with van der Waals surface area (Å²) in [7, 11) is 0. The van der Waals surface area contributed by atoms with Crippen LogP contribution in [0, 0.1) is 5.92 Å². The molecule has 3 aromatic rings. The van der Waals surface area contributed by atoms with Crippen LogP contribution >= 0.6 is 15.9 Å². The van der Waals surface area contributed by atoms with E-state index in [2.05, 4.69) is 59.0 Å². The molecule has 0 unspecified atom stereocenters. The molecule has 2 heterocycles. The van der Waals surface area contributed by atoms with E-state index < -0.39 is 0 Å². The summed E-state index contributed by atoms with van der Waals surface area (Å²) in [5.41, 5.74) is 4.52. The number of aromatic nitrogens is 2. The van der Waals surface area contributed by atoms with Crippen LogP contribution in [0.15, 0.2) is 53.3 Å². The van der Waals surface area contributed by atoms with Gasteiger partial charge in [-0.25, -0.2) is 0 Å². The zero-order valence-corrected chi connectivity index (χ0v) is 14.5. The second kappa shape index (κ2) is 6.57. The average Bonchev–Trinajstić information content (AvgIpc) is 2.53. The van der Waals surface area contributed by atoms with Crippen molar-refractivity contribution in [2.24, 2.45) is 5.92 Å². The number of nitrogens with zero attached hydrogens (tertiary/aromatic N) is 2. The maximum atomic E-state index is 4.93. The predicted octanol–water partition coefficient (Wildman–Crippen LogP) is 5.65. The fraction of sp³-hybridized carbons (Fsp3) is 0.263. The number of rotatable bonds is 4. The number of hydrogen-bond donors (Lipinski definition) is 0. The molecule has 2 aromatic heterocycles. The molecule has 112 valence electrons. The van der Waals surface area contributed by atoms with Crippen LogP contribution in [0.25, 0.3) is 22.0 Å². The second-order valence-electron chi connectivity index (χ2n) is 5.97. The highest BCUT2D eigenvalue weighted by atomic mass is 79.9. The van der Waals surface area contributed by atoms with Gasteiger partial charge < -0.3 is 0 Å². The third-order valence-corrected chi connectivity index (χ3v) is 4.47. The molecule has 3 heteroatoms. The normalized spacial score (nSPS) is 11.3. The summed E-state index contributed by atoms with van der Waals surface area (Å²) in [5.74, 6) is 0.687. The third kappa shape index (κ3) is 3.20. The topological polar surface area (TPSA) is 25.8 Å². The van der Waals surface area contributed by atoms with Gasteiger partial charge in [0.25, 0.3) is 0 Å². The summed E-state index contributed by atoms with van der Waals surface area (Å²) in [6.45, 7) is 4.50. The SMILES string of the molecule is CC(C)CCc1cc(Br)c2cccc(-c3ccncc3)c2n1. The summed E-state index contributed by atoms with van der Waals surface area (Å²) < 4.78 is 1.12. The molecule has 0 bridgehead atoms. The second-order valence-corrected chi connectivity index (χ2v) is 6.82. The van der Waals surface area contributed by atoms with Crippen LogP contribution in [0.2, 0.25) is 0 Å². The molecule has 0 N–H and O–H groups in total. The molecule has 0 amide bonds. The maximum Gasteiger partial charge on any atom is 0.0794 e. The molecular weight excluding hydrogens is 336 g/mol. The zero-order valence-electron chi connectivity index (χ0n) is 12.9. The van der Waals surface area contributed by atoms with E-state index in [9.17, 15) is 0 Å². The van der Waals surface area contributed by atoms with Gasteiger partial charge in [0.1, 0.15) is 0 Å². The van der Waals surface area contributed by atoms with Crippen molar-refractivity contribution in [3.05, 3.63) is 59.0 Å². The number of fused-ring (bicyclic) bond motifs is 1. The Bertz CT molecular complexity index is 782. The molecule has 0 aliphatic rings. The lowest BCUT2D eigenvalue weighted by molar-refractivity contribution is 0.582. The van der Waals surface area contributed by atoms with Crippen molar-refractivity contribution in [1.29, 1.82) is 0 Å². The molecule has 0 aliphatic heterocycles. The van der Waals surface area contributed by atoms with E-state index >= 15 is 0 Å². The Hall–Kier alpha value is -1.74. The van der Waals surface area contributed by atoms with Gasteiger partial charge in [-0.15, -0.1) is 0 Å². The van der Waals surface area contributed by atoms with Crippen LogP contribution in [0.5, 0.6) is 0 Å². The van der Waals surface area contributed by atoms with Crippen LogP contribution < -0.4 is 0 Å². The van der Waals surface area contributed by atoms with E-state index in [0.717, 1.165) is 45.0 Å². The smallest absolute Gasteiger partial charge is 0.0794 e. The lowest BCUT2D eigenvalue weighted by atomic mass is 10.0. The molecule has 0 aliphatic carbocycles. The Kier molecular flexibility index (Phi) is 4.53. The lowest BCUT2D eigenvalue weighted by Crippen LogP contribution is -1.97. The number of hydrogen-bond acceptors (Lipinski definition) is 2. The van der Waals surface area contributed by atoms with Gasteiger partial charge in [-0.05, 0) is 42.5 Å². The fourth-order valence-electron chi connectivity index (χ4n) is 2.59. The minimum atomic E-state index is 0.687. The zero-order chi connectivity index (χ0) is 15.5. The van der Waals surface area contributed by atoms with Crippen molar-refractivity contribution in [2.45, 2.75) is 26.7 Å². The molecule has 0 radical (unpaired) electrons. The highest BCUT2D eigenvalue weighted by Crippen LogP contribution is 2.32. The van der Waals surface area contributed by atoms with Gasteiger partial charge in [-0.2, -0.15) is 0 Å². The Morgan fingerprint density at radius 2 is 1.86 bits per heavy atom. The molecule has 0 saturated carbocycles. The van der Waals surface area contributed by atoms with Crippen LogP contribution in [0.4, 0.5) is 0 Å². The number of pyridine rings is 2. The van der Waals surface area contributed by atoms with Crippen LogP contribution in [-0.4, -0.2) is 9.97 Å². The Morgan fingerprint density at radius 1 is 1.09 bits per heavy atom. The highest BCUT2D eigenvalue weighted by Gasteiger charge is 2.10. The largest absolute Gasteiger partial charge is 0.265 e. The summed E-state index contributed by atoms with van der Waals surface area (Å²) in [5, 5.41) is 1.16. The maximum absolute atomic E-state index is 4.93. The molecule has 1 aromatic carbocycles. The van der Waals surface area contributed by atoms with Gasteiger partial charge in [0.15, 0.2) is 0 Å². The van der Waals surface area contributed by atoms with Crippen LogP contribution in [-0.2, 0) is 6.42 Å². The number of para-hydroxylation sites is 1. The van der Waals surface area contributed by atoms with E-state index in [-0.39, 0.29) is 0 Å². The first kappa shape index (κ1) is 15.2. The van der Waals surface area contributed by atoms with Gasteiger partial charge in [0.05, 0.1) is 5.52 Å². The first-order valence-corrected chi connectivity index (χ1v) is 8.43. The predicted molar refractivity (Wildman–Crippen MR) is 95.8 cm³/mol. The fourth-order valence-corrected chi connectivity index (χ4v) is 3.17. The van der Waals surface area contributed by atoms with Gasteiger partial charge in [0.2, 0.25) is 0 Å². The van der Waals surface area contributed by atoms with Gasteiger partial charge in [-0.3, -0.25) is 9.97 Å². The average molecular weight is 355 g/mol. The lowest BCUT2D eigenvalue weighted by Gasteiger charge is -2.11. The standard InChI is InChI=1S/C19H19BrN2/c1-13(2)6-7-15-12-18(20)17-5-3-4-16(19(17)22-15)14-8-10-21-11-9-14/h3-5,8-13H,6-7H2,1-2H3. The molecule has 22 heavy (non-hydrogen) atoms. The van der Waals surface area contributed by atoms with Crippen molar-refractivity contribution >= 4 is 26.8 Å². The van der Waals surface area contributed by atoms with Crippen molar-refractivity contribution in [3.63, 3.8) is 0 Å². The third-order valence-electron chi connectivity index (χ3n) is 3.81. The molecule has 3 rings (SSSR count). The number of aryl methyl sites for hydroxylation is 1. The van der Waals surface area contributed by atoms with Crippen molar-refractivity contribution in [1.82, 2.24) is 9.97 Å².